The number of rotatable bonds is 12. The van der Waals surface area contributed by atoms with Crippen LogP contribution in [0.5, 0.6) is 0 Å². The second-order valence-electron chi connectivity index (χ2n) is 13.2. The Morgan fingerprint density at radius 1 is 0.922 bits per heavy atom. The van der Waals surface area contributed by atoms with Crippen LogP contribution in [0.15, 0.2) is 35.3 Å². The molecule has 1 amide bonds. The number of amides is 1. The minimum absolute atomic E-state index is 0.0282. The molecular formula is C35H36F9N3O4. The van der Waals surface area contributed by atoms with Crippen LogP contribution < -0.4 is 10.9 Å². The molecule has 16 heteroatoms. The van der Waals surface area contributed by atoms with E-state index in [-0.39, 0.29) is 36.6 Å². The van der Waals surface area contributed by atoms with Crippen molar-refractivity contribution in [2.45, 2.75) is 77.8 Å². The Bertz CT molecular complexity index is 1840. The first kappa shape index (κ1) is 39.4. The van der Waals surface area contributed by atoms with Crippen molar-refractivity contribution in [2.24, 2.45) is 5.92 Å². The Balaban J connectivity index is 1.88. The summed E-state index contributed by atoms with van der Waals surface area (Å²) in [4.78, 5) is 40.9. The number of aromatic nitrogens is 1. The summed E-state index contributed by atoms with van der Waals surface area (Å²) in [6.45, 7) is 7.44. The molecule has 0 radical (unpaired) electrons. The quantitative estimate of drug-likeness (QED) is 0.186. The van der Waals surface area contributed by atoms with Gasteiger partial charge in [0.2, 0.25) is 5.91 Å². The van der Waals surface area contributed by atoms with E-state index in [1.807, 2.05) is 4.90 Å². The Hall–Kier alpha value is -4.34. The molecule has 0 saturated carbocycles. The Labute approximate surface area is 287 Å². The molecule has 1 unspecified atom stereocenters. The summed E-state index contributed by atoms with van der Waals surface area (Å²) in [5, 5.41) is 11.7. The van der Waals surface area contributed by atoms with Crippen molar-refractivity contribution >= 4 is 11.9 Å². The molecule has 1 aromatic heterocycles. The summed E-state index contributed by atoms with van der Waals surface area (Å²) in [5.74, 6) is -8.76. The fraction of sp³-hybridized carbons (Fsp3) is 0.457. The van der Waals surface area contributed by atoms with Gasteiger partial charge in [0, 0.05) is 35.5 Å². The van der Waals surface area contributed by atoms with Crippen molar-refractivity contribution in [3.8, 4) is 11.1 Å². The van der Waals surface area contributed by atoms with Crippen molar-refractivity contribution in [3.05, 3.63) is 91.6 Å². The van der Waals surface area contributed by atoms with Crippen LogP contribution in [-0.2, 0) is 28.4 Å². The van der Waals surface area contributed by atoms with Crippen LogP contribution in [0.2, 0.25) is 0 Å². The number of aryl methyl sites for hydroxylation is 2. The number of halogens is 9. The zero-order valence-electron chi connectivity index (χ0n) is 28.0. The number of hydrogen-bond acceptors (Lipinski definition) is 4. The molecule has 51 heavy (non-hydrogen) atoms. The normalized spacial score (nSPS) is 15.1. The summed E-state index contributed by atoms with van der Waals surface area (Å²) in [7, 11) is 0. The smallest absolute Gasteiger partial charge is 0.419 e. The van der Waals surface area contributed by atoms with Crippen LogP contribution in [0.25, 0.3) is 11.1 Å². The van der Waals surface area contributed by atoms with E-state index in [2.05, 4.69) is 5.32 Å². The lowest BCUT2D eigenvalue weighted by Gasteiger charge is -2.31. The number of likely N-dealkylation sites (tertiary alicyclic amines) is 1. The minimum atomic E-state index is -5.49. The van der Waals surface area contributed by atoms with Gasteiger partial charge in [-0.2, -0.15) is 26.3 Å². The van der Waals surface area contributed by atoms with E-state index in [9.17, 15) is 45.8 Å². The van der Waals surface area contributed by atoms with Gasteiger partial charge in [-0.1, -0.05) is 19.9 Å². The van der Waals surface area contributed by atoms with E-state index in [1.54, 1.807) is 13.8 Å². The number of benzene rings is 2. The van der Waals surface area contributed by atoms with Gasteiger partial charge in [-0.25, -0.2) is 13.2 Å². The van der Waals surface area contributed by atoms with Gasteiger partial charge in [-0.15, -0.1) is 0 Å². The molecule has 1 fully saturated rings. The van der Waals surface area contributed by atoms with Gasteiger partial charge in [0.25, 0.3) is 5.56 Å². The third kappa shape index (κ3) is 8.94. The van der Waals surface area contributed by atoms with Crippen LogP contribution >= 0.6 is 0 Å². The number of carbonyl (C=O) groups excluding carboxylic acids is 1. The molecule has 0 spiro atoms. The zero-order valence-corrected chi connectivity index (χ0v) is 28.0. The third-order valence-corrected chi connectivity index (χ3v) is 8.73. The van der Waals surface area contributed by atoms with Crippen LogP contribution in [0.3, 0.4) is 0 Å². The van der Waals surface area contributed by atoms with E-state index >= 15 is 13.2 Å². The number of nitrogens with one attached hydrogen (secondary N) is 1. The van der Waals surface area contributed by atoms with Gasteiger partial charge in [0.05, 0.1) is 23.6 Å². The van der Waals surface area contributed by atoms with Crippen molar-refractivity contribution in [3.63, 3.8) is 0 Å². The highest BCUT2D eigenvalue weighted by atomic mass is 19.4. The van der Waals surface area contributed by atoms with Gasteiger partial charge in [0.15, 0.2) is 0 Å². The molecule has 1 saturated heterocycles. The van der Waals surface area contributed by atoms with Crippen LogP contribution in [0, 0.1) is 37.2 Å². The number of alkyl halides is 6. The van der Waals surface area contributed by atoms with Gasteiger partial charge in [0.1, 0.15) is 23.5 Å². The van der Waals surface area contributed by atoms with Gasteiger partial charge >= 0.3 is 18.3 Å². The number of carbonyl (C=O) groups is 2. The molecule has 0 aliphatic carbocycles. The topological polar surface area (TPSA) is 91.6 Å². The molecule has 2 N–H and O–H groups in total. The summed E-state index contributed by atoms with van der Waals surface area (Å²) in [6, 6.07) is -1.43. The maximum absolute atomic E-state index is 16.3. The average Bonchev–Trinajstić information content (AvgIpc) is 2.94. The molecule has 2 aromatic carbocycles. The van der Waals surface area contributed by atoms with Gasteiger partial charge in [-0.3, -0.25) is 14.4 Å². The van der Waals surface area contributed by atoms with E-state index in [4.69, 9.17) is 0 Å². The van der Waals surface area contributed by atoms with E-state index in [0.29, 0.717) is 29.3 Å². The highest BCUT2D eigenvalue weighted by molar-refractivity contribution is 5.82. The fourth-order valence-corrected chi connectivity index (χ4v) is 6.25. The fourth-order valence-electron chi connectivity index (χ4n) is 6.25. The Kier molecular flexibility index (Phi) is 11.7. The van der Waals surface area contributed by atoms with Crippen LogP contribution in [0.1, 0.15) is 78.6 Å². The van der Waals surface area contributed by atoms with E-state index in [0.717, 1.165) is 18.7 Å². The maximum atomic E-state index is 16.3. The molecule has 0 bridgehead atoms. The maximum Gasteiger partial charge on any atom is 0.419 e. The number of nitrogens with zero attached hydrogens (tertiary/aromatic N) is 2. The average molecular weight is 734 g/mol. The molecular weight excluding hydrogens is 697 g/mol. The summed E-state index contributed by atoms with van der Waals surface area (Å²) >= 11 is 0. The SMILES string of the molecule is Cc1cc(C)c(-c2cc(C(F)(F)F)c(F)c([C@H](CC(=O)O)NC(=O)C(CC(C)C)n3cc(CCN4CCC4)c(C(F)(F)F)cc3=O)c2F)c(F)c1. The van der Waals surface area contributed by atoms with E-state index in [1.165, 1.54) is 19.9 Å². The number of pyridine rings is 1. The van der Waals surface area contributed by atoms with Crippen molar-refractivity contribution in [2.75, 3.05) is 19.6 Å². The first-order chi connectivity index (χ1) is 23.6. The number of carboxylic acids is 1. The molecule has 2 atom stereocenters. The second kappa shape index (κ2) is 15.1. The van der Waals surface area contributed by atoms with E-state index < -0.39 is 99.5 Å². The lowest BCUT2D eigenvalue weighted by Crippen LogP contribution is -2.41. The monoisotopic (exact) mass is 733 g/mol. The summed E-state index contributed by atoms with van der Waals surface area (Å²) in [5.41, 5.74) is -7.83. The standard InChI is InChI=1S/C35H36F9N3O4/c1-17(2)10-26(47-16-20(6-9-46-7-5-8-46)22(14-27(47)48)34(39,40)41)33(51)45-25(15-28(49)50)30-31(37)21(13-23(32(30)38)35(42,43)44)29-19(4)11-18(3)12-24(29)36/h11-14,16-17,25-26H,5-10,15H2,1-4H3,(H,45,51)(H,49,50)/t25-,26?/m0/s1. The Morgan fingerprint density at radius 2 is 1.55 bits per heavy atom. The Morgan fingerprint density at radius 3 is 2.06 bits per heavy atom. The lowest BCUT2D eigenvalue weighted by atomic mass is 9.90. The third-order valence-electron chi connectivity index (χ3n) is 8.73. The predicted molar refractivity (Wildman–Crippen MR) is 168 cm³/mol. The zero-order chi connectivity index (χ0) is 38.2. The number of aliphatic carboxylic acids is 1. The first-order valence-corrected chi connectivity index (χ1v) is 16.0. The number of carboxylic acid groups (broad SMARTS) is 1. The van der Waals surface area contributed by atoms with Gasteiger partial charge < -0.3 is 19.9 Å². The summed E-state index contributed by atoms with van der Waals surface area (Å²) in [6.07, 6.45) is -10.5. The largest absolute Gasteiger partial charge is 0.481 e. The molecule has 1 aliphatic heterocycles. The molecule has 7 nitrogen and oxygen atoms in total. The highest BCUT2D eigenvalue weighted by Crippen LogP contribution is 2.42. The van der Waals surface area contributed by atoms with Gasteiger partial charge in [-0.05, 0) is 80.9 Å². The second-order valence-corrected chi connectivity index (χ2v) is 13.2. The molecule has 1 aliphatic rings. The summed E-state index contributed by atoms with van der Waals surface area (Å²) < 4.78 is 132. The lowest BCUT2D eigenvalue weighted by molar-refractivity contribution is -0.140. The molecule has 4 rings (SSSR count). The highest BCUT2D eigenvalue weighted by Gasteiger charge is 2.41. The van der Waals surface area contributed by atoms with Crippen LogP contribution in [0.4, 0.5) is 39.5 Å². The molecule has 3 aromatic rings. The van der Waals surface area contributed by atoms with Crippen molar-refractivity contribution in [1.29, 1.82) is 0 Å². The predicted octanol–water partition coefficient (Wildman–Crippen LogP) is 7.75. The molecule has 278 valence electrons. The first-order valence-electron chi connectivity index (χ1n) is 16.0. The van der Waals surface area contributed by atoms with Crippen molar-refractivity contribution < 1.29 is 54.2 Å². The number of hydrogen-bond donors (Lipinski definition) is 2. The minimum Gasteiger partial charge on any atom is -0.481 e. The van der Waals surface area contributed by atoms with Crippen LogP contribution in [-0.4, -0.2) is 46.1 Å². The molecule has 2 heterocycles. The van der Waals surface area contributed by atoms with Crippen molar-refractivity contribution in [1.82, 2.24) is 14.8 Å².